The maximum atomic E-state index is 12.9. The van der Waals surface area contributed by atoms with Gasteiger partial charge >= 0.3 is 6.03 Å². The Morgan fingerprint density at radius 2 is 1.62 bits per heavy atom. The van der Waals surface area contributed by atoms with Crippen LogP contribution in [0.25, 0.3) is 0 Å². The second-order valence-electron chi connectivity index (χ2n) is 6.00. The first-order valence-electron chi connectivity index (χ1n) is 8.28. The molecule has 2 aromatic carbocycles. The lowest BCUT2D eigenvalue weighted by Crippen LogP contribution is -2.50. The highest BCUT2D eigenvalue weighted by Crippen LogP contribution is 2.10. The molecule has 1 aliphatic rings. The molecule has 1 heterocycles. The molecule has 0 bridgehead atoms. The maximum Gasteiger partial charge on any atom is 0.321 e. The summed E-state index contributed by atoms with van der Waals surface area (Å²) in [6, 6.07) is 16.1. The summed E-state index contributed by atoms with van der Waals surface area (Å²) in [4.78, 5) is 16.4. The average Bonchev–Trinajstić information content (AvgIpc) is 2.62. The standard InChI is InChI=1S/C19H22FN3O/c20-17-8-6-16(7-9-17)10-11-22-12-14-23(15-13-22)19(24)21-18-4-2-1-3-5-18/h1-9H,10-15H2,(H,21,24). The highest BCUT2D eigenvalue weighted by molar-refractivity contribution is 5.89. The van der Waals surface area contributed by atoms with Gasteiger partial charge in [0.15, 0.2) is 0 Å². The smallest absolute Gasteiger partial charge is 0.321 e. The first-order chi connectivity index (χ1) is 11.7. The molecule has 2 aromatic rings. The Hall–Kier alpha value is -2.40. The summed E-state index contributed by atoms with van der Waals surface area (Å²) in [5.41, 5.74) is 1.96. The van der Waals surface area contributed by atoms with E-state index in [-0.39, 0.29) is 11.8 Å². The molecule has 0 aromatic heterocycles. The molecule has 5 heteroatoms. The zero-order valence-electron chi connectivity index (χ0n) is 13.6. The van der Waals surface area contributed by atoms with Gasteiger partial charge in [-0.1, -0.05) is 30.3 Å². The minimum Gasteiger partial charge on any atom is -0.322 e. The number of urea groups is 1. The van der Waals surface area contributed by atoms with Gasteiger partial charge in [0.25, 0.3) is 0 Å². The van der Waals surface area contributed by atoms with E-state index < -0.39 is 0 Å². The van der Waals surface area contributed by atoms with Gasteiger partial charge < -0.3 is 10.2 Å². The fourth-order valence-corrected chi connectivity index (χ4v) is 2.84. The summed E-state index contributed by atoms with van der Waals surface area (Å²) in [7, 11) is 0. The van der Waals surface area contributed by atoms with E-state index in [1.54, 1.807) is 0 Å². The van der Waals surface area contributed by atoms with E-state index in [4.69, 9.17) is 0 Å². The van der Waals surface area contributed by atoms with Crippen LogP contribution in [0.2, 0.25) is 0 Å². The molecule has 1 saturated heterocycles. The van der Waals surface area contributed by atoms with Crippen LogP contribution in [0.15, 0.2) is 54.6 Å². The molecule has 3 rings (SSSR count). The van der Waals surface area contributed by atoms with E-state index in [0.29, 0.717) is 0 Å². The summed E-state index contributed by atoms with van der Waals surface area (Å²) in [6.45, 7) is 4.11. The van der Waals surface area contributed by atoms with Crippen molar-refractivity contribution in [1.29, 1.82) is 0 Å². The first kappa shape index (κ1) is 16.5. The van der Waals surface area contributed by atoms with Gasteiger partial charge in [-0.3, -0.25) is 4.90 Å². The number of carbonyl (C=O) groups excluding carboxylic acids is 1. The van der Waals surface area contributed by atoms with Crippen LogP contribution < -0.4 is 5.32 Å². The lowest BCUT2D eigenvalue weighted by Gasteiger charge is -2.34. The number of halogens is 1. The molecule has 0 saturated carbocycles. The molecule has 0 atom stereocenters. The number of carbonyl (C=O) groups is 1. The van der Waals surface area contributed by atoms with Crippen molar-refractivity contribution in [1.82, 2.24) is 9.80 Å². The van der Waals surface area contributed by atoms with E-state index >= 15 is 0 Å². The third-order valence-corrected chi connectivity index (χ3v) is 4.31. The number of rotatable bonds is 4. The van der Waals surface area contributed by atoms with Gasteiger partial charge in [0.2, 0.25) is 0 Å². The molecular weight excluding hydrogens is 305 g/mol. The molecule has 1 N–H and O–H groups in total. The largest absolute Gasteiger partial charge is 0.322 e. The fourth-order valence-electron chi connectivity index (χ4n) is 2.84. The molecule has 4 nitrogen and oxygen atoms in total. The van der Waals surface area contributed by atoms with Crippen LogP contribution in [0, 0.1) is 5.82 Å². The van der Waals surface area contributed by atoms with Crippen molar-refractivity contribution < 1.29 is 9.18 Å². The van der Waals surface area contributed by atoms with Crippen molar-refractivity contribution in [3.05, 3.63) is 66.0 Å². The van der Waals surface area contributed by atoms with Crippen LogP contribution in [0.3, 0.4) is 0 Å². The number of piperazine rings is 1. The molecule has 0 unspecified atom stereocenters. The average molecular weight is 327 g/mol. The Morgan fingerprint density at radius 1 is 0.958 bits per heavy atom. The lowest BCUT2D eigenvalue weighted by atomic mass is 10.1. The number of amides is 2. The Morgan fingerprint density at radius 3 is 2.29 bits per heavy atom. The minimum absolute atomic E-state index is 0.0422. The molecular formula is C19H22FN3O. The van der Waals surface area contributed by atoms with Crippen molar-refractivity contribution >= 4 is 11.7 Å². The summed E-state index contributed by atoms with van der Waals surface area (Å²) in [5.74, 6) is -0.197. The predicted molar refractivity (Wildman–Crippen MR) is 93.6 cm³/mol. The highest BCUT2D eigenvalue weighted by Gasteiger charge is 2.20. The molecule has 24 heavy (non-hydrogen) atoms. The van der Waals surface area contributed by atoms with E-state index in [0.717, 1.165) is 50.4 Å². The summed E-state index contributed by atoms with van der Waals surface area (Å²) in [6.07, 6.45) is 0.899. The highest BCUT2D eigenvalue weighted by atomic mass is 19.1. The maximum absolute atomic E-state index is 12.9. The number of nitrogens with one attached hydrogen (secondary N) is 1. The van der Waals surface area contributed by atoms with Crippen molar-refractivity contribution in [2.75, 3.05) is 38.0 Å². The van der Waals surface area contributed by atoms with Gasteiger partial charge in [-0.2, -0.15) is 0 Å². The molecule has 1 fully saturated rings. The Labute approximate surface area is 141 Å². The summed E-state index contributed by atoms with van der Waals surface area (Å²) >= 11 is 0. The van der Waals surface area contributed by atoms with Gasteiger partial charge in [-0.25, -0.2) is 9.18 Å². The summed E-state index contributed by atoms with van der Waals surface area (Å²) in [5, 5.41) is 2.92. The van der Waals surface area contributed by atoms with Gasteiger partial charge in [-0.05, 0) is 36.2 Å². The molecule has 2 amide bonds. The Balaban J connectivity index is 1.42. The van der Waals surface area contributed by atoms with Crippen molar-refractivity contribution in [2.24, 2.45) is 0 Å². The quantitative estimate of drug-likeness (QED) is 0.936. The number of para-hydroxylation sites is 1. The van der Waals surface area contributed by atoms with Gasteiger partial charge in [-0.15, -0.1) is 0 Å². The van der Waals surface area contributed by atoms with Crippen LogP contribution in [-0.2, 0) is 6.42 Å². The van der Waals surface area contributed by atoms with Crippen LogP contribution in [0.4, 0.5) is 14.9 Å². The van der Waals surface area contributed by atoms with Gasteiger partial charge in [0.1, 0.15) is 5.82 Å². The SMILES string of the molecule is O=C(Nc1ccccc1)N1CCN(CCc2ccc(F)cc2)CC1. The molecule has 126 valence electrons. The van der Waals surface area contributed by atoms with Crippen LogP contribution >= 0.6 is 0 Å². The predicted octanol–water partition coefficient (Wildman–Crippen LogP) is 3.22. The minimum atomic E-state index is -0.197. The van der Waals surface area contributed by atoms with Crippen molar-refractivity contribution in [2.45, 2.75) is 6.42 Å². The third kappa shape index (κ3) is 4.55. The van der Waals surface area contributed by atoms with Crippen LogP contribution in [-0.4, -0.2) is 48.6 Å². The molecule has 1 aliphatic heterocycles. The molecule has 0 radical (unpaired) electrons. The summed E-state index contributed by atoms with van der Waals surface area (Å²) < 4.78 is 12.9. The number of anilines is 1. The molecule has 0 spiro atoms. The Bertz CT molecular complexity index is 652. The van der Waals surface area contributed by atoms with Crippen LogP contribution in [0.1, 0.15) is 5.56 Å². The Kier molecular flexibility index (Phi) is 5.43. The number of benzene rings is 2. The van der Waals surface area contributed by atoms with Crippen molar-refractivity contribution in [3.63, 3.8) is 0 Å². The first-order valence-corrected chi connectivity index (χ1v) is 8.28. The second kappa shape index (κ2) is 7.93. The topological polar surface area (TPSA) is 35.6 Å². The fraction of sp³-hybridized carbons (Fsp3) is 0.316. The number of hydrogen-bond donors (Lipinski definition) is 1. The van der Waals surface area contributed by atoms with E-state index in [9.17, 15) is 9.18 Å². The zero-order valence-corrected chi connectivity index (χ0v) is 13.6. The number of hydrogen-bond acceptors (Lipinski definition) is 2. The monoisotopic (exact) mass is 327 g/mol. The normalized spacial score (nSPS) is 15.3. The van der Waals surface area contributed by atoms with Gasteiger partial charge in [0, 0.05) is 38.4 Å². The molecule has 0 aliphatic carbocycles. The van der Waals surface area contributed by atoms with E-state index in [1.165, 1.54) is 12.1 Å². The lowest BCUT2D eigenvalue weighted by molar-refractivity contribution is 0.148. The van der Waals surface area contributed by atoms with E-state index in [2.05, 4.69) is 10.2 Å². The third-order valence-electron chi connectivity index (χ3n) is 4.31. The van der Waals surface area contributed by atoms with Gasteiger partial charge in [0.05, 0.1) is 0 Å². The zero-order chi connectivity index (χ0) is 16.8. The van der Waals surface area contributed by atoms with Crippen LogP contribution in [0.5, 0.6) is 0 Å². The number of nitrogens with zero attached hydrogens (tertiary/aromatic N) is 2. The van der Waals surface area contributed by atoms with E-state index in [1.807, 2.05) is 47.4 Å². The van der Waals surface area contributed by atoms with Crippen molar-refractivity contribution in [3.8, 4) is 0 Å². The second-order valence-corrected chi connectivity index (χ2v) is 6.00.